The molecular weight excluding hydrogens is 406 g/mol. The van der Waals surface area contributed by atoms with Gasteiger partial charge in [0.25, 0.3) is 5.91 Å². The molecule has 0 fully saturated rings. The molecule has 1 heterocycles. The molecule has 1 amide bonds. The summed E-state index contributed by atoms with van der Waals surface area (Å²) in [6, 6.07) is 14.8. The maximum atomic E-state index is 12.5. The summed E-state index contributed by atoms with van der Waals surface area (Å²) in [5, 5.41) is 2.89. The van der Waals surface area contributed by atoms with Crippen LogP contribution in [-0.4, -0.2) is 34.6 Å². The third-order valence-corrected chi connectivity index (χ3v) is 5.14. The van der Waals surface area contributed by atoms with Gasteiger partial charge in [0.15, 0.2) is 13.2 Å². The molecule has 0 saturated heterocycles. The molecule has 32 heavy (non-hydrogen) atoms. The van der Waals surface area contributed by atoms with Crippen LogP contribution in [0.5, 0.6) is 5.75 Å². The largest absolute Gasteiger partial charge is 0.482 e. The standard InChI is InChI=1S/C25H29N3O4/c1-17(2)21-11-10-20(14-18(21)3)31-16-23(30)32-15-22(29)27-24(19-8-6-5-7-9-19)25-26-12-13-28(25)4/h5-14,17,24H,15-16H2,1-4H3,(H,27,29). The number of ether oxygens (including phenoxy) is 2. The van der Waals surface area contributed by atoms with Crippen molar-refractivity contribution in [2.45, 2.75) is 32.7 Å². The van der Waals surface area contributed by atoms with Gasteiger partial charge in [-0.15, -0.1) is 0 Å². The van der Waals surface area contributed by atoms with E-state index in [-0.39, 0.29) is 6.61 Å². The van der Waals surface area contributed by atoms with Crippen molar-refractivity contribution >= 4 is 11.9 Å². The van der Waals surface area contributed by atoms with Crippen LogP contribution < -0.4 is 10.1 Å². The van der Waals surface area contributed by atoms with E-state index in [1.165, 1.54) is 5.56 Å². The average molecular weight is 436 g/mol. The van der Waals surface area contributed by atoms with Crippen LogP contribution in [0.15, 0.2) is 60.9 Å². The number of benzene rings is 2. The Bertz CT molecular complexity index is 1060. The zero-order valence-corrected chi connectivity index (χ0v) is 18.9. The number of carbonyl (C=O) groups excluding carboxylic acids is 2. The van der Waals surface area contributed by atoms with Crippen LogP contribution in [0, 0.1) is 6.92 Å². The summed E-state index contributed by atoms with van der Waals surface area (Å²) in [5.41, 5.74) is 3.22. The lowest BCUT2D eigenvalue weighted by atomic mass is 9.98. The fraction of sp³-hybridized carbons (Fsp3) is 0.320. The zero-order chi connectivity index (χ0) is 23.1. The van der Waals surface area contributed by atoms with Crippen molar-refractivity contribution in [1.29, 1.82) is 0 Å². The molecule has 1 N–H and O–H groups in total. The molecule has 168 valence electrons. The van der Waals surface area contributed by atoms with Gasteiger partial charge in [-0.3, -0.25) is 4.79 Å². The molecule has 1 atom stereocenters. The Kier molecular flexibility index (Phi) is 7.65. The molecule has 7 nitrogen and oxygen atoms in total. The van der Waals surface area contributed by atoms with Crippen molar-refractivity contribution < 1.29 is 19.1 Å². The topological polar surface area (TPSA) is 82.4 Å². The van der Waals surface area contributed by atoms with Crippen LogP contribution in [0.2, 0.25) is 0 Å². The number of nitrogens with zero attached hydrogens (tertiary/aromatic N) is 2. The first-order valence-corrected chi connectivity index (χ1v) is 10.6. The van der Waals surface area contributed by atoms with Crippen molar-refractivity contribution in [3.63, 3.8) is 0 Å². The van der Waals surface area contributed by atoms with E-state index < -0.39 is 24.5 Å². The van der Waals surface area contributed by atoms with E-state index in [0.717, 1.165) is 11.1 Å². The predicted octanol–water partition coefficient (Wildman–Crippen LogP) is 3.68. The molecule has 0 radical (unpaired) electrons. The maximum Gasteiger partial charge on any atom is 0.344 e. The molecule has 0 aliphatic heterocycles. The Labute approximate surface area is 188 Å². The van der Waals surface area contributed by atoms with Gasteiger partial charge in [0.2, 0.25) is 0 Å². The summed E-state index contributed by atoms with van der Waals surface area (Å²) in [6.45, 7) is 5.59. The number of aromatic nitrogens is 2. The number of esters is 1. The number of imidazole rings is 1. The molecule has 0 spiro atoms. The number of carbonyl (C=O) groups is 2. The van der Waals surface area contributed by atoms with Crippen LogP contribution in [-0.2, 0) is 21.4 Å². The molecule has 0 aliphatic rings. The lowest BCUT2D eigenvalue weighted by Gasteiger charge is -2.19. The fourth-order valence-corrected chi connectivity index (χ4v) is 3.52. The first-order valence-electron chi connectivity index (χ1n) is 10.6. The Morgan fingerprint density at radius 1 is 1.09 bits per heavy atom. The van der Waals surface area contributed by atoms with Gasteiger partial charge in [-0.2, -0.15) is 0 Å². The van der Waals surface area contributed by atoms with Crippen LogP contribution >= 0.6 is 0 Å². The van der Waals surface area contributed by atoms with Gasteiger partial charge in [0, 0.05) is 19.4 Å². The number of aryl methyl sites for hydroxylation is 2. The summed E-state index contributed by atoms with van der Waals surface area (Å²) in [7, 11) is 1.86. The number of hydrogen-bond donors (Lipinski definition) is 1. The summed E-state index contributed by atoms with van der Waals surface area (Å²) >= 11 is 0. The minimum atomic E-state index is -0.612. The molecule has 7 heteroatoms. The third-order valence-electron chi connectivity index (χ3n) is 5.14. The highest BCUT2D eigenvalue weighted by atomic mass is 16.6. The summed E-state index contributed by atoms with van der Waals surface area (Å²) < 4.78 is 12.5. The Balaban J connectivity index is 1.53. The highest BCUT2D eigenvalue weighted by molar-refractivity contribution is 5.81. The molecule has 1 unspecified atom stereocenters. The van der Waals surface area contributed by atoms with Gasteiger partial charge in [-0.1, -0.05) is 50.2 Å². The molecule has 1 aromatic heterocycles. The van der Waals surface area contributed by atoms with Crippen molar-refractivity contribution in [3.05, 3.63) is 83.4 Å². The smallest absolute Gasteiger partial charge is 0.344 e. The van der Waals surface area contributed by atoms with E-state index in [0.29, 0.717) is 17.5 Å². The monoisotopic (exact) mass is 435 g/mol. The predicted molar refractivity (Wildman–Crippen MR) is 121 cm³/mol. The molecule has 0 bridgehead atoms. The van der Waals surface area contributed by atoms with Crippen molar-refractivity contribution in [2.75, 3.05) is 13.2 Å². The molecule has 3 rings (SSSR count). The minimum absolute atomic E-state index is 0.269. The first-order chi connectivity index (χ1) is 15.3. The molecule has 2 aromatic carbocycles. The quantitative estimate of drug-likeness (QED) is 0.519. The molecule has 0 aliphatic carbocycles. The maximum absolute atomic E-state index is 12.5. The van der Waals surface area contributed by atoms with E-state index in [4.69, 9.17) is 9.47 Å². The van der Waals surface area contributed by atoms with E-state index in [9.17, 15) is 9.59 Å². The van der Waals surface area contributed by atoms with E-state index in [1.807, 2.05) is 73.3 Å². The molecule has 0 saturated carbocycles. The normalized spacial score (nSPS) is 11.8. The highest BCUT2D eigenvalue weighted by Crippen LogP contribution is 2.23. The fourth-order valence-electron chi connectivity index (χ4n) is 3.52. The van der Waals surface area contributed by atoms with Crippen LogP contribution in [0.3, 0.4) is 0 Å². The minimum Gasteiger partial charge on any atom is -0.482 e. The van der Waals surface area contributed by atoms with Gasteiger partial charge >= 0.3 is 5.97 Å². The third kappa shape index (κ3) is 5.97. The number of nitrogens with one attached hydrogen (secondary N) is 1. The Morgan fingerprint density at radius 2 is 1.84 bits per heavy atom. The zero-order valence-electron chi connectivity index (χ0n) is 18.9. The average Bonchev–Trinajstić information content (AvgIpc) is 3.20. The van der Waals surface area contributed by atoms with Gasteiger partial charge in [0.1, 0.15) is 17.6 Å². The van der Waals surface area contributed by atoms with Gasteiger partial charge in [-0.05, 0) is 41.7 Å². The van der Waals surface area contributed by atoms with Crippen molar-refractivity contribution in [2.24, 2.45) is 7.05 Å². The highest BCUT2D eigenvalue weighted by Gasteiger charge is 2.21. The van der Waals surface area contributed by atoms with E-state index in [1.54, 1.807) is 6.20 Å². The second-order valence-electron chi connectivity index (χ2n) is 7.93. The van der Waals surface area contributed by atoms with Crippen LogP contribution in [0.1, 0.15) is 48.3 Å². The Hall–Kier alpha value is -3.61. The molecular formula is C25H29N3O4. The van der Waals surface area contributed by atoms with E-state index in [2.05, 4.69) is 24.1 Å². The first kappa shape index (κ1) is 23.1. The summed E-state index contributed by atoms with van der Waals surface area (Å²) in [4.78, 5) is 28.9. The summed E-state index contributed by atoms with van der Waals surface area (Å²) in [6.07, 6.45) is 3.48. The second-order valence-corrected chi connectivity index (χ2v) is 7.93. The van der Waals surface area contributed by atoms with Crippen molar-refractivity contribution in [1.82, 2.24) is 14.9 Å². The van der Waals surface area contributed by atoms with Crippen LogP contribution in [0.4, 0.5) is 0 Å². The number of hydrogen-bond acceptors (Lipinski definition) is 5. The second kappa shape index (κ2) is 10.6. The lowest BCUT2D eigenvalue weighted by molar-refractivity contribution is -0.150. The van der Waals surface area contributed by atoms with Crippen molar-refractivity contribution in [3.8, 4) is 5.75 Å². The van der Waals surface area contributed by atoms with Gasteiger partial charge in [-0.25, -0.2) is 9.78 Å². The molecule has 3 aromatic rings. The summed E-state index contributed by atoms with van der Waals surface area (Å²) in [5.74, 6) is 0.649. The van der Waals surface area contributed by atoms with Gasteiger partial charge in [0.05, 0.1) is 0 Å². The Morgan fingerprint density at radius 3 is 2.47 bits per heavy atom. The van der Waals surface area contributed by atoms with E-state index >= 15 is 0 Å². The number of rotatable bonds is 9. The van der Waals surface area contributed by atoms with Crippen LogP contribution in [0.25, 0.3) is 0 Å². The lowest BCUT2D eigenvalue weighted by Crippen LogP contribution is -2.34. The number of amides is 1. The van der Waals surface area contributed by atoms with Gasteiger partial charge < -0.3 is 19.4 Å². The SMILES string of the molecule is Cc1cc(OCC(=O)OCC(=O)NC(c2ccccc2)c2nccn2C)ccc1C(C)C.